The van der Waals surface area contributed by atoms with Gasteiger partial charge in [0.25, 0.3) is 5.91 Å². The van der Waals surface area contributed by atoms with Gasteiger partial charge in [0.2, 0.25) is 0 Å². The number of nitrogens with zero attached hydrogens (tertiary/aromatic N) is 2. The second kappa shape index (κ2) is 8.62. The molecule has 4 aromatic rings. The van der Waals surface area contributed by atoms with Crippen molar-refractivity contribution in [1.29, 1.82) is 0 Å². The van der Waals surface area contributed by atoms with Gasteiger partial charge in [-0.15, -0.1) is 0 Å². The maximum Gasteiger partial charge on any atom is 0.259 e. The van der Waals surface area contributed by atoms with Gasteiger partial charge in [-0.3, -0.25) is 4.79 Å². The summed E-state index contributed by atoms with van der Waals surface area (Å²) in [4.78, 5) is 13.2. The number of hydrogen-bond acceptors (Lipinski definition) is 5. The number of carbonyl (C=O) groups excluding carboxylic acids is 1. The van der Waals surface area contributed by atoms with Crippen LogP contribution in [0.5, 0.6) is 17.2 Å². The fourth-order valence-electron chi connectivity index (χ4n) is 3.23. The molecule has 31 heavy (non-hydrogen) atoms. The van der Waals surface area contributed by atoms with Crippen LogP contribution >= 0.6 is 0 Å². The van der Waals surface area contributed by atoms with Crippen molar-refractivity contribution < 1.29 is 19.4 Å². The number of para-hydroxylation sites is 1. The Hall–Kier alpha value is -4.26. The van der Waals surface area contributed by atoms with Crippen LogP contribution in [-0.4, -0.2) is 35.0 Å². The van der Waals surface area contributed by atoms with E-state index in [0.717, 1.165) is 5.69 Å². The molecule has 0 saturated carbocycles. The number of carbonyl (C=O) groups is 1. The summed E-state index contributed by atoms with van der Waals surface area (Å²) in [6, 6.07) is 21.2. The van der Waals surface area contributed by atoms with Gasteiger partial charge in [0.1, 0.15) is 22.9 Å². The molecule has 0 aliphatic carbocycles. The van der Waals surface area contributed by atoms with Crippen molar-refractivity contribution in [2.24, 2.45) is 0 Å². The average molecular weight is 415 g/mol. The number of phenols is 1. The van der Waals surface area contributed by atoms with Crippen molar-refractivity contribution in [3.05, 3.63) is 84.6 Å². The molecule has 0 saturated heterocycles. The lowest BCUT2D eigenvalue weighted by Crippen LogP contribution is -2.12. The molecule has 2 N–H and O–H groups in total. The third kappa shape index (κ3) is 4.20. The third-order valence-electron chi connectivity index (χ3n) is 4.75. The van der Waals surface area contributed by atoms with Crippen molar-refractivity contribution in [1.82, 2.24) is 9.78 Å². The monoisotopic (exact) mass is 415 g/mol. The summed E-state index contributed by atoms with van der Waals surface area (Å²) in [6.07, 6.45) is 1.67. The highest BCUT2D eigenvalue weighted by molar-refractivity contribution is 6.08. The summed E-state index contributed by atoms with van der Waals surface area (Å²) >= 11 is 0. The zero-order valence-electron chi connectivity index (χ0n) is 17.1. The molecule has 0 aliphatic rings. The van der Waals surface area contributed by atoms with Gasteiger partial charge in [-0.1, -0.05) is 24.3 Å². The number of amides is 1. The largest absolute Gasteiger partial charge is 0.508 e. The first kappa shape index (κ1) is 20.0. The van der Waals surface area contributed by atoms with E-state index < -0.39 is 0 Å². The zero-order chi connectivity index (χ0) is 21.8. The van der Waals surface area contributed by atoms with Crippen LogP contribution in [-0.2, 0) is 0 Å². The summed E-state index contributed by atoms with van der Waals surface area (Å²) in [5, 5.41) is 17.2. The number of aromatic hydroxyl groups is 1. The highest BCUT2D eigenvalue weighted by Crippen LogP contribution is 2.35. The number of anilines is 1. The number of ether oxygens (including phenoxy) is 2. The van der Waals surface area contributed by atoms with E-state index >= 15 is 0 Å². The molecule has 1 amide bonds. The second-order valence-electron chi connectivity index (χ2n) is 6.74. The molecule has 0 atom stereocenters. The van der Waals surface area contributed by atoms with Crippen molar-refractivity contribution in [2.75, 3.05) is 19.5 Å². The molecule has 0 fully saturated rings. The second-order valence-corrected chi connectivity index (χ2v) is 6.74. The van der Waals surface area contributed by atoms with Gasteiger partial charge in [-0.2, -0.15) is 5.10 Å². The number of methoxy groups -OCH3 is 2. The number of hydrogen-bond donors (Lipinski definition) is 2. The molecule has 1 heterocycles. The van der Waals surface area contributed by atoms with Gasteiger partial charge < -0.3 is 19.9 Å². The molecule has 0 bridgehead atoms. The first-order chi connectivity index (χ1) is 15.1. The highest BCUT2D eigenvalue weighted by atomic mass is 16.5. The van der Waals surface area contributed by atoms with Crippen LogP contribution in [0.15, 0.2) is 79.0 Å². The summed E-state index contributed by atoms with van der Waals surface area (Å²) < 4.78 is 12.5. The summed E-state index contributed by atoms with van der Waals surface area (Å²) in [5.41, 5.74) is 2.69. The lowest BCUT2D eigenvalue weighted by atomic mass is 10.1. The molecule has 0 radical (unpaired) electrons. The first-order valence-corrected chi connectivity index (χ1v) is 9.57. The van der Waals surface area contributed by atoms with E-state index in [9.17, 15) is 9.90 Å². The lowest BCUT2D eigenvalue weighted by Gasteiger charge is -2.10. The molecule has 1 aromatic heterocycles. The molecular weight excluding hydrogens is 394 g/mol. The number of phenolic OH excluding ortho intramolecular Hbond substituents is 1. The van der Waals surface area contributed by atoms with E-state index in [1.165, 1.54) is 12.1 Å². The number of rotatable bonds is 6. The summed E-state index contributed by atoms with van der Waals surface area (Å²) in [5.74, 6) is 0.870. The minimum atomic E-state index is -0.368. The fourth-order valence-corrected chi connectivity index (χ4v) is 3.23. The Morgan fingerprint density at radius 3 is 2.48 bits per heavy atom. The lowest BCUT2D eigenvalue weighted by molar-refractivity contribution is 0.102. The predicted molar refractivity (Wildman–Crippen MR) is 118 cm³/mol. The van der Waals surface area contributed by atoms with E-state index in [4.69, 9.17) is 9.47 Å². The number of aromatic nitrogens is 2. The maximum absolute atomic E-state index is 13.2. The fraction of sp³-hybridized carbons (Fsp3) is 0.0833. The topological polar surface area (TPSA) is 85.6 Å². The van der Waals surface area contributed by atoms with Crippen LogP contribution in [0.2, 0.25) is 0 Å². The average Bonchev–Trinajstić information content (AvgIpc) is 3.25. The quantitative estimate of drug-likeness (QED) is 0.484. The Morgan fingerprint density at radius 2 is 1.77 bits per heavy atom. The third-order valence-corrected chi connectivity index (χ3v) is 4.75. The Balaban J connectivity index is 1.84. The molecule has 7 nitrogen and oxygen atoms in total. The maximum atomic E-state index is 13.2. The van der Waals surface area contributed by atoms with E-state index in [1.54, 1.807) is 55.4 Å². The van der Waals surface area contributed by atoms with Gasteiger partial charge in [0.05, 0.1) is 25.5 Å². The van der Waals surface area contributed by atoms with Crippen LogP contribution in [0.25, 0.3) is 16.9 Å². The zero-order valence-corrected chi connectivity index (χ0v) is 17.1. The number of nitrogens with one attached hydrogen (secondary N) is 1. The summed E-state index contributed by atoms with van der Waals surface area (Å²) in [6.45, 7) is 0. The Labute approximate surface area is 179 Å². The standard InChI is InChI=1S/C24H21N3O4/c1-30-19-11-12-22(31-2)20(14-19)23-21(15-27(26-23)17-8-4-3-5-9-17)24(29)25-16-7-6-10-18(28)13-16/h3-15,28H,1-2H3,(H,25,29). The Kier molecular flexibility index (Phi) is 5.57. The van der Waals surface area contributed by atoms with Crippen molar-refractivity contribution in [3.63, 3.8) is 0 Å². The van der Waals surface area contributed by atoms with Crippen LogP contribution in [0.4, 0.5) is 5.69 Å². The first-order valence-electron chi connectivity index (χ1n) is 9.57. The molecule has 0 aliphatic heterocycles. The van der Waals surface area contributed by atoms with E-state index in [2.05, 4.69) is 10.4 Å². The minimum absolute atomic E-state index is 0.0625. The van der Waals surface area contributed by atoms with Crippen molar-refractivity contribution in [3.8, 4) is 34.2 Å². The van der Waals surface area contributed by atoms with Gasteiger partial charge >= 0.3 is 0 Å². The van der Waals surface area contributed by atoms with Crippen LogP contribution in [0.1, 0.15) is 10.4 Å². The van der Waals surface area contributed by atoms with E-state index in [1.807, 2.05) is 30.3 Å². The SMILES string of the molecule is COc1ccc(OC)c(-c2nn(-c3ccccc3)cc2C(=O)Nc2cccc(O)c2)c1. The minimum Gasteiger partial charge on any atom is -0.508 e. The molecule has 7 heteroatoms. The summed E-state index contributed by atoms with van der Waals surface area (Å²) in [7, 11) is 3.13. The highest BCUT2D eigenvalue weighted by Gasteiger charge is 2.22. The molecule has 3 aromatic carbocycles. The number of benzene rings is 3. The smallest absolute Gasteiger partial charge is 0.259 e. The normalized spacial score (nSPS) is 10.5. The predicted octanol–water partition coefficient (Wildman–Crippen LogP) is 4.51. The Morgan fingerprint density at radius 1 is 0.968 bits per heavy atom. The molecule has 4 rings (SSSR count). The Bertz CT molecular complexity index is 1220. The van der Waals surface area contributed by atoms with Gasteiger partial charge in [-0.05, 0) is 42.5 Å². The van der Waals surface area contributed by atoms with E-state index in [0.29, 0.717) is 34.0 Å². The molecule has 0 spiro atoms. The molecular formula is C24H21N3O4. The molecule has 0 unspecified atom stereocenters. The van der Waals surface area contributed by atoms with Crippen LogP contribution < -0.4 is 14.8 Å². The van der Waals surface area contributed by atoms with E-state index in [-0.39, 0.29) is 11.7 Å². The van der Waals surface area contributed by atoms with Crippen LogP contribution in [0, 0.1) is 0 Å². The van der Waals surface area contributed by atoms with Crippen LogP contribution in [0.3, 0.4) is 0 Å². The van der Waals surface area contributed by atoms with Gasteiger partial charge in [0, 0.05) is 23.5 Å². The van der Waals surface area contributed by atoms with Crippen molar-refractivity contribution >= 4 is 11.6 Å². The van der Waals surface area contributed by atoms with Gasteiger partial charge in [-0.25, -0.2) is 4.68 Å². The van der Waals surface area contributed by atoms with Crippen molar-refractivity contribution in [2.45, 2.75) is 0 Å². The van der Waals surface area contributed by atoms with Gasteiger partial charge in [0.15, 0.2) is 0 Å². The molecule has 156 valence electrons.